The third kappa shape index (κ3) is 2.09. The lowest BCUT2D eigenvalue weighted by Crippen LogP contribution is -2.68. The van der Waals surface area contributed by atoms with Gasteiger partial charge < -0.3 is 0 Å². The molecule has 0 amide bonds. The molecule has 0 aromatic heterocycles. The lowest BCUT2D eigenvalue weighted by Gasteiger charge is -2.11. The molecule has 1 aromatic carbocycles. The van der Waals surface area contributed by atoms with Gasteiger partial charge in [-0.25, -0.2) is 5.01 Å². The predicted molar refractivity (Wildman–Crippen MR) is 46.9 cm³/mol. The Morgan fingerprint density at radius 2 is 2.00 bits per heavy atom. The van der Waals surface area contributed by atoms with Crippen molar-refractivity contribution in [3.63, 3.8) is 0 Å². The Balaban J connectivity index is 2.68. The van der Waals surface area contributed by atoms with Crippen LogP contribution in [0.1, 0.15) is 0 Å². The Morgan fingerprint density at radius 3 is 2.55 bits per heavy atom. The molecule has 0 aliphatic rings. The highest BCUT2D eigenvalue weighted by Gasteiger charge is 1.98. The molecule has 2 nitrogen and oxygen atoms in total. The van der Waals surface area contributed by atoms with E-state index in [-0.39, 0.29) is 0 Å². The Morgan fingerprint density at radius 1 is 1.36 bits per heavy atom. The molecular formula is C9H13N2+. The molecule has 11 heavy (non-hydrogen) atoms. The zero-order chi connectivity index (χ0) is 8.10. The minimum absolute atomic E-state index is 0.782. The number of anilines is 1. The van der Waals surface area contributed by atoms with E-state index >= 15 is 0 Å². The first-order valence-corrected chi connectivity index (χ1v) is 3.58. The molecule has 0 unspecified atom stereocenters. The summed E-state index contributed by atoms with van der Waals surface area (Å²) in [6.07, 6.45) is 1.83. The Bertz CT molecular complexity index is 218. The number of quaternary nitrogens is 1. The second-order valence-electron chi connectivity index (χ2n) is 2.35. The van der Waals surface area contributed by atoms with Gasteiger partial charge in [0.1, 0.15) is 0 Å². The Labute approximate surface area is 66.9 Å². The fourth-order valence-corrected chi connectivity index (χ4v) is 0.900. The molecule has 0 aliphatic heterocycles. The Kier molecular flexibility index (Phi) is 2.69. The van der Waals surface area contributed by atoms with Gasteiger partial charge >= 0.3 is 0 Å². The molecule has 0 atom stereocenters. The molecule has 0 fully saturated rings. The second kappa shape index (κ2) is 3.78. The summed E-state index contributed by atoms with van der Waals surface area (Å²) in [5.41, 5.74) is 1.12. The molecule has 0 aliphatic carbocycles. The molecule has 0 spiro atoms. The molecule has 0 heterocycles. The molecule has 0 saturated heterocycles. The van der Waals surface area contributed by atoms with Gasteiger partial charge in [-0.3, -0.25) is 5.84 Å². The van der Waals surface area contributed by atoms with Crippen molar-refractivity contribution in [3.8, 4) is 0 Å². The number of rotatable bonds is 3. The fraction of sp³-hybridized carbons (Fsp3) is 0.111. The average Bonchev–Trinajstić information content (AvgIpc) is 2.07. The van der Waals surface area contributed by atoms with Gasteiger partial charge in [0.15, 0.2) is 0 Å². The maximum absolute atomic E-state index is 3.86. The zero-order valence-corrected chi connectivity index (χ0v) is 6.53. The van der Waals surface area contributed by atoms with Crippen molar-refractivity contribution >= 4 is 5.69 Å². The lowest BCUT2D eigenvalue weighted by molar-refractivity contribution is -0.383. The van der Waals surface area contributed by atoms with E-state index in [1.165, 1.54) is 0 Å². The van der Waals surface area contributed by atoms with Crippen LogP contribution in [0.5, 0.6) is 0 Å². The van der Waals surface area contributed by atoms with Gasteiger partial charge in [-0.15, -0.1) is 6.58 Å². The van der Waals surface area contributed by atoms with Crippen LogP contribution in [-0.2, 0) is 0 Å². The minimum atomic E-state index is 0.782. The van der Waals surface area contributed by atoms with Gasteiger partial charge in [-0.05, 0) is 12.1 Å². The smallest absolute Gasteiger partial charge is 0.0882 e. The lowest BCUT2D eigenvalue weighted by atomic mass is 10.3. The maximum Gasteiger partial charge on any atom is 0.0882 e. The van der Waals surface area contributed by atoms with E-state index in [4.69, 9.17) is 0 Å². The van der Waals surface area contributed by atoms with E-state index in [9.17, 15) is 0 Å². The first-order chi connectivity index (χ1) is 5.34. The molecule has 0 saturated carbocycles. The molecule has 3 N–H and O–H groups in total. The highest BCUT2D eigenvalue weighted by Crippen LogP contribution is 2.06. The zero-order valence-electron chi connectivity index (χ0n) is 6.53. The average molecular weight is 149 g/mol. The number of hydrogen-bond acceptors (Lipinski definition) is 1. The van der Waals surface area contributed by atoms with Crippen molar-refractivity contribution in [2.75, 3.05) is 11.6 Å². The van der Waals surface area contributed by atoms with E-state index in [2.05, 4.69) is 12.4 Å². The summed E-state index contributed by atoms with van der Waals surface area (Å²) in [5, 5.41) is 1.90. The normalized spacial score (nSPS) is 9.18. The van der Waals surface area contributed by atoms with Crippen LogP contribution in [0.2, 0.25) is 0 Å². The van der Waals surface area contributed by atoms with Crippen molar-refractivity contribution in [2.45, 2.75) is 0 Å². The number of hydrogen-bond donors (Lipinski definition) is 1. The topological polar surface area (TPSA) is 30.9 Å². The van der Waals surface area contributed by atoms with Crippen LogP contribution in [0.3, 0.4) is 0 Å². The quantitative estimate of drug-likeness (QED) is 0.501. The van der Waals surface area contributed by atoms with Gasteiger partial charge in [0.25, 0.3) is 0 Å². The molecule has 1 aromatic rings. The van der Waals surface area contributed by atoms with Gasteiger partial charge in [0.05, 0.1) is 12.2 Å². The van der Waals surface area contributed by atoms with Gasteiger partial charge in [0.2, 0.25) is 0 Å². The van der Waals surface area contributed by atoms with Crippen molar-refractivity contribution in [1.29, 1.82) is 0 Å². The summed E-state index contributed by atoms with van der Waals surface area (Å²) in [5.74, 6) is 3.86. The van der Waals surface area contributed by atoms with Crippen LogP contribution in [0, 0.1) is 0 Å². The standard InChI is InChI=1S/C9H12N2/c1-2-8-11(10)9-6-4-3-5-7-9/h2-7H,1,8,10H2/p+1. The second-order valence-corrected chi connectivity index (χ2v) is 2.35. The minimum Gasteiger partial charge on any atom is -0.255 e. The van der Waals surface area contributed by atoms with Crippen molar-refractivity contribution in [1.82, 2.24) is 0 Å². The van der Waals surface area contributed by atoms with Crippen LogP contribution in [-0.4, -0.2) is 6.54 Å². The molecule has 1 rings (SSSR count). The number of nitrogens with zero attached hydrogens (tertiary/aromatic N) is 1. The molecule has 2 heteroatoms. The van der Waals surface area contributed by atoms with Crippen LogP contribution in [0.4, 0.5) is 5.69 Å². The number of para-hydroxylation sites is 1. The van der Waals surface area contributed by atoms with Crippen LogP contribution in [0.25, 0.3) is 0 Å². The summed E-state index contributed by atoms with van der Waals surface area (Å²) in [4.78, 5) is 0. The van der Waals surface area contributed by atoms with Crippen LogP contribution < -0.4 is 10.9 Å². The highest BCUT2D eigenvalue weighted by molar-refractivity contribution is 5.42. The summed E-state index contributed by atoms with van der Waals surface area (Å²) >= 11 is 0. The largest absolute Gasteiger partial charge is 0.255 e. The molecule has 58 valence electrons. The molecule has 0 bridgehead atoms. The Hall–Kier alpha value is -1.28. The van der Waals surface area contributed by atoms with Crippen molar-refractivity contribution in [2.24, 2.45) is 0 Å². The summed E-state index contributed by atoms with van der Waals surface area (Å²) < 4.78 is 0. The first-order valence-electron chi connectivity index (χ1n) is 3.58. The van der Waals surface area contributed by atoms with E-state index < -0.39 is 0 Å². The van der Waals surface area contributed by atoms with E-state index in [1.807, 2.05) is 41.4 Å². The molecular weight excluding hydrogens is 136 g/mol. The van der Waals surface area contributed by atoms with Crippen molar-refractivity contribution in [3.05, 3.63) is 43.0 Å². The maximum atomic E-state index is 3.86. The third-order valence-electron chi connectivity index (χ3n) is 1.47. The van der Waals surface area contributed by atoms with E-state index in [0.717, 1.165) is 12.2 Å². The molecule has 0 radical (unpaired) electrons. The first kappa shape index (κ1) is 7.82. The highest BCUT2D eigenvalue weighted by atomic mass is 15.4. The summed E-state index contributed by atoms with van der Waals surface area (Å²) in [6, 6.07) is 10.0. The fourth-order valence-electron chi connectivity index (χ4n) is 0.900. The van der Waals surface area contributed by atoms with Gasteiger partial charge in [-0.1, -0.05) is 24.3 Å². The van der Waals surface area contributed by atoms with Gasteiger partial charge in [-0.2, -0.15) is 0 Å². The monoisotopic (exact) mass is 149 g/mol. The van der Waals surface area contributed by atoms with Crippen LogP contribution >= 0.6 is 0 Å². The SMILES string of the molecule is C=CCN([NH3+])c1ccccc1. The van der Waals surface area contributed by atoms with E-state index in [1.54, 1.807) is 0 Å². The van der Waals surface area contributed by atoms with Crippen molar-refractivity contribution < 1.29 is 5.84 Å². The van der Waals surface area contributed by atoms with E-state index in [0.29, 0.717) is 0 Å². The summed E-state index contributed by atoms with van der Waals surface area (Å²) in [7, 11) is 0. The van der Waals surface area contributed by atoms with Gasteiger partial charge in [0, 0.05) is 0 Å². The number of benzene rings is 1. The van der Waals surface area contributed by atoms with Crippen LogP contribution in [0.15, 0.2) is 43.0 Å². The summed E-state index contributed by atoms with van der Waals surface area (Å²) in [6.45, 7) is 4.43. The predicted octanol–water partition coefficient (Wildman–Crippen LogP) is 0.836. The third-order valence-corrected chi connectivity index (χ3v) is 1.47.